The molecule has 0 saturated heterocycles. The zero-order valence-corrected chi connectivity index (χ0v) is 37.7. The number of ether oxygens (including phenoxy) is 2. The summed E-state index contributed by atoms with van der Waals surface area (Å²) >= 11 is 0. The fraction of sp³-hybridized carbons (Fsp3) is 0.117. The maximum absolute atomic E-state index is 5.67. The van der Waals surface area contributed by atoms with Gasteiger partial charge in [0.1, 0.15) is 17.0 Å². The first-order valence-corrected chi connectivity index (χ1v) is 22.6. The lowest BCUT2D eigenvalue weighted by atomic mass is 9.80. The number of aromatic nitrogens is 2. The molecule has 0 N–H and O–H groups in total. The van der Waals surface area contributed by atoms with Crippen LogP contribution in [0.25, 0.3) is 43.9 Å². The van der Waals surface area contributed by atoms with E-state index in [-0.39, 0.29) is 5.41 Å². The zero-order valence-electron chi connectivity index (χ0n) is 37.7. The van der Waals surface area contributed by atoms with Crippen molar-refractivity contribution >= 4 is 55.7 Å². The summed E-state index contributed by atoms with van der Waals surface area (Å²) < 4.78 is 13.7. The number of fused-ring (bicyclic) bond motifs is 12. The fourth-order valence-corrected chi connectivity index (χ4v) is 10.5. The average molecular weight is 857 g/mol. The van der Waals surface area contributed by atoms with Crippen molar-refractivity contribution in [1.29, 1.82) is 0 Å². The minimum Gasteiger partial charge on any atom is -0.497 e. The topological polar surface area (TPSA) is 42.8 Å². The highest BCUT2D eigenvalue weighted by atomic mass is 16.5. The lowest BCUT2D eigenvalue weighted by molar-refractivity contribution is 0.414. The highest BCUT2D eigenvalue weighted by Gasteiger charge is 2.54. The average Bonchev–Trinajstić information content (AvgIpc) is 4.01. The first kappa shape index (κ1) is 39.5. The van der Waals surface area contributed by atoms with Gasteiger partial charge in [0, 0.05) is 44.5 Å². The molecule has 0 fully saturated rings. The van der Waals surface area contributed by atoms with Crippen molar-refractivity contribution < 1.29 is 9.47 Å². The molecule has 6 nitrogen and oxygen atoms in total. The van der Waals surface area contributed by atoms with Gasteiger partial charge in [0.2, 0.25) is 0 Å². The van der Waals surface area contributed by atoms with Gasteiger partial charge in [0.15, 0.2) is 0 Å². The number of methoxy groups -OCH3 is 2. The van der Waals surface area contributed by atoms with E-state index < -0.39 is 5.54 Å². The number of hydrogen-bond donors (Lipinski definition) is 0. The summed E-state index contributed by atoms with van der Waals surface area (Å²) in [5.41, 5.74) is 14.7. The molecule has 0 atom stereocenters. The van der Waals surface area contributed by atoms with Crippen molar-refractivity contribution in [2.45, 2.75) is 31.7 Å². The second-order valence-electron chi connectivity index (χ2n) is 18.4. The van der Waals surface area contributed by atoms with E-state index in [4.69, 9.17) is 14.6 Å². The monoisotopic (exact) mass is 856 g/mol. The second kappa shape index (κ2) is 15.0. The van der Waals surface area contributed by atoms with E-state index in [1.165, 1.54) is 54.9 Å². The summed E-state index contributed by atoms with van der Waals surface area (Å²) in [6.45, 7) is 6.76. The van der Waals surface area contributed by atoms with Gasteiger partial charge in [-0.2, -0.15) is 5.10 Å². The summed E-state index contributed by atoms with van der Waals surface area (Å²) in [5, 5.41) is 10.4. The molecule has 10 aromatic rings. The molecule has 12 rings (SSSR count). The highest BCUT2D eigenvalue weighted by molar-refractivity contribution is 6.02. The standard InChI is InChI=1S/C60H48N4O2/c1-59(2,3)58-38-57-51-20-10-11-21-52(51)60(64(57)61-58)53-36-43(62(41-24-30-45(65-4)31-25-41)55-22-12-16-39-14-6-8-18-47(39)55)28-34-49(53)50-35-29-44(37-54(50)60)63(42-26-32-46(66-5)33-27-42)56-23-13-17-40-15-7-9-19-48(40)56/h6-38H,1-5H3. The maximum Gasteiger partial charge on any atom is 0.140 e. The molecule has 0 radical (unpaired) electrons. The van der Waals surface area contributed by atoms with E-state index in [2.05, 4.69) is 211 Å². The second-order valence-corrected chi connectivity index (χ2v) is 18.4. The molecular formula is C60H48N4O2. The summed E-state index contributed by atoms with van der Waals surface area (Å²) in [7, 11) is 3.43. The maximum atomic E-state index is 5.67. The molecule has 1 aliphatic heterocycles. The third kappa shape index (κ3) is 5.91. The van der Waals surface area contributed by atoms with Crippen molar-refractivity contribution in [1.82, 2.24) is 9.78 Å². The largest absolute Gasteiger partial charge is 0.497 e. The van der Waals surface area contributed by atoms with Gasteiger partial charge in [-0.05, 0) is 130 Å². The Morgan fingerprint density at radius 3 is 1.39 bits per heavy atom. The van der Waals surface area contributed by atoms with Crippen LogP contribution in [0, 0.1) is 0 Å². The Morgan fingerprint density at radius 1 is 0.439 bits per heavy atom. The first-order chi connectivity index (χ1) is 32.3. The van der Waals surface area contributed by atoms with Gasteiger partial charge in [0.05, 0.1) is 37.0 Å². The number of benzene rings is 9. The molecule has 0 saturated carbocycles. The van der Waals surface area contributed by atoms with Crippen LogP contribution in [0.2, 0.25) is 0 Å². The molecular weight excluding hydrogens is 809 g/mol. The Labute approximate surface area is 385 Å². The molecule has 2 heterocycles. The Hall–Kier alpha value is -8.09. The highest BCUT2D eigenvalue weighted by Crippen LogP contribution is 2.61. The summed E-state index contributed by atoms with van der Waals surface area (Å²) in [6, 6.07) is 72.5. The molecule has 66 heavy (non-hydrogen) atoms. The molecule has 0 bridgehead atoms. The number of hydrogen-bond acceptors (Lipinski definition) is 5. The fourth-order valence-electron chi connectivity index (χ4n) is 10.5. The smallest absolute Gasteiger partial charge is 0.140 e. The Balaban J connectivity index is 1.15. The van der Waals surface area contributed by atoms with E-state index in [0.29, 0.717) is 0 Å². The molecule has 1 aliphatic carbocycles. The van der Waals surface area contributed by atoms with Crippen LogP contribution in [0.3, 0.4) is 0 Å². The van der Waals surface area contributed by atoms with Crippen molar-refractivity contribution in [3.05, 3.63) is 223 Å². The molecule has 1 spiro atoms. The van der Waals surface area contributed by atoms with Crippen LogP contribution in [0.4, 0.5) is 34.1 Å². The van der Waals surface area contributed by atoms with Crippen LogP contribution in [0.15, 0.2) is 200 Å². The third-order valence-corrected chi connectivity index (χ3v) is 13.7. The molecule has 0 amide bonds. The lowest BCUT2D eigenvalue weighted by Crippen LogP contribution is -2.34. The summed E-state index contributed by atoms with van der Waals surface area (Å²) in [6.07, 6.45) is 0. The van der Waals surface area contributed by atoms with Crippen LogP contribution in [0.5, 0.6) is 11.5 Å². The third-order valence-electron chi connectivity index (χ3n) is 13.7. The van der Waals surface area contributed by atoms with E-state index in [9.17, 15) is 0 Å². The Morgan fingerprint density at radius 2 is 0.894 bits per heavy atom. The minimum atomic E-state index is -0.805. The van der Waals surface area contributed by atoms with Gasteiger partial charge in [-0.3, -0.25) is 0 Å². The predicted octanol–water partition coefficient (Wildman–Crippen LogP) is 15.2. The number of nitrogens with zero attached hydrogens (tertiary/aromatic N) is 4. The van der Waals surface area contributed by atoms with Gasteiger partial charge < -0.3 is 19.3 Å². The van der Waals surface area contributed by atoms with Crippen molar-refractivity contribution in [3.8, 4) is 33.9 Å². The van der Waals surface area contributed by atoms with Gasteiger partial charge >= 0.3 is 0 Å². The Bertz CT molecular complexity index is 3320. The molecule has 2 aliphatic rings. The van der Waals surface area contributed by atoms with Crippen molar-refractivity contribution in [2.24, 2.45) is 0 Å². The predicted molar refractivity (Wildman–Crippen MR) is 271 cm³/mol. The van der Waals surface area contributed by atoms with Gasteiger partial charge in [-0.25, -0.2) is 4.68 Å². The number of rotatable bonds is 8. The normalized spacial score (nSPS) is 13.0. The van der Waals surface area contributed by atoms with Gasteiger partial charge in [-0.1, -0.05) is 130 Å². The minimum absolute atomic E-state index is 0.180. The SMILES string of the molecule is COc1ccc(N(c2ccc3c(c2)C2(c4cc(N(c5ccc(OC)cc5)c5cccc6ccccc56)ccc4-3)c3ccccc3-c3cc(C(C)(C)C)nn32)c2cccc3ccccc23)cc1. The molecule has 6 heteroatoms. The molecule has 9 aromatic carbocycles. The lowest BCUT2D eigenvalue weighted by Gasteiger charge is -2.33. The van der Waals surface area contributed by atoms with Crippen LogP contribution >= 0.6 is 0 Å². The van der Waals surface area contributed by atoms with E-state index in [0.717, 1.165) is 57.0 Å². The number of anilines is 6. The van der Waals surface area contributed by atoms with Crippen molar-refractivity contribution in [3.63, 3.8) is 0 Å². The van der Waals surface area contributed by atoms with E-state index in [1.54, 1.807) is 14.2 Å². The van der Waals surface area contributed by atoms with E-state index >= 15 is 0 Å². The summed E-state index contributed by atoms with van der Waals surface area (Å²) in [4.78, 5) is 4.78. The Kier molecular flexibility index (Phi) is 8.98. The van der Waals surface area contributed by atoms with Gasteiger partial charge in [0.25, 0.3) is 0 Å². The quantitative estimate of drug-likeness (QED) is 0.152. The summed E-state index contributed by atoms with van der Waals surface area (Å²) in [5.74, 6) is 1.62. The molecule has 320 valence electrons. The van der Waals surface area contributed by atoms with Gasteiger partial charge in [-0.15, -0.1) is 0 Å². The van der Waals surface area contributed by atoms with Crippen LogP contribution in [-0.2, 0) is 11.0 Å². The molecule has 0 unspecified atom stereocenters. The van der Waals surface area contributed by atoms with Crippen LogP contribution in [0.1, 0.15) is 43.2 Å². The van der Waals surface area contributed by atoms with Crippen molar-refractivity contribution in [2.75, 3.05) is 24.0 Å². The zero-order chi connectivity index (χ0) is 44.7. The van der Waals surface area contributed by atoms with E-state index in [1.807, 2.05) is 24.3 Å². The van der Waals surface area contributed by atoms with Crippen LogP contribution < -0.4 is 19.3 Å². The molecule has 1 aromatic heterocycles. The van der Waals surface area contributed by atoms with Crippen LogP contribution in [-0.4, -0.2) is 24.0 Å². The first-order valence-electron chi connectivity index (χ1n) is 22.6.